The second-order valence-electron chi connectivity index (χ2n) is 4.42. The number of hydrogen-bond donors (Lipinski definition) is 0. The van der Waals surface area contributed by atoms with Crippen molar-refractivity contribution in [1.82, 2.24) is 0 Å². The van der Waals surface area contributed by atoms with Crippen molar-refractivity contribution in [2.75, 3.05) is 0 Å². The summed E-state index contributed by atoms with van der Waals surface area (Å²) < 4.78 is 0. The van der Waals surface area contributed by atoms with Crippen LogP contribution in [0.25, 0.3) is 0 Å². The summed E-state index contributed by atoms with van der Waals surface area (Å²) in [4.78, 5) is 0. The first-order valence-corrected chi connectivity index (χ1v) is 5.33. The van der Waals surface area contributed by atoms with Gasteiger partial charge in [-0.15, -0.1) is 6.58 Å². The summed E-state index contributed by atoms with van der Waals surface area (Å²) >= 11 is 0. The highest BCUT2D eigenvalue weighted by molar-refractivity contribution is 4.93. The summed E-state index contributed by atoms with van der Waals surface area (Å²) in [6, 6.07) is 0. The van der Waals surface area contributed by atoms with Crippen molar-refractivity contribution >= 4 is 0 Å². The summed E-state index contributed by atoms with van der Waals surface area (Å²) in [6.07, 6.45) is 8.10. The standard InChI is InChI=1S/C13H24/c1-11(2)9-7-6-8-10-13(5)12(3)4/h6,8,12-13H,1,7,9-10H2,2-5H3/b8-6-. The maximum Gasteiger partial charge on any atom is -0.0291 e. The molecule has 0 heterocycles. The number of allylic oxidation sites excluding steroid dienone is 3. The van der Waals surface area contributed by atoms with E-state index in [-0.39, 0.29) is 0 Å². The molecule has 0 aliphatic carbocycles. The summed E-state index contributed by atoms with van der Waals surface area (Å²) in [5.74, 6) is 1.60. The normalized spacial score (nSPS) is 13.9. The fourth-order valence-corrected chi connectivity index (χ4v) is 1.03. The molecule has 13 heavy (non-hydrogen) atoms. The zero-order valence-corrected chi connectivity index (χ0v) is 9.64. The van der Waals surface area contributed by atoms with Crippen molar-refractivity contribution in [1.29, 1.82) is 0 Å². The lowest BCUT2D eigenvalue weighted by atomic mass is 9.94. The van der Waals surface area contributed by atoms with E-state index in [1.165, 1.54) is 12.0 Å². The minimum Gasteiger partial charge on any atom is -0.100 e. The van der Waals surface area contributed by atoms with Gasteiger partial charge in [0.05, 0.1) is 0 Å². The second kappa shape index (κ2) is 6.94. The Morgan fingerprint density at radius 1 is 1.23 bits per heavy atom. The van der Waals surface area contributed by atoms with Crippen LogP contribution in [-0.4, -0.2) is 0 Å². The zero-order valence-electron chi connectivity index (χ0n) is 9.64. The smallest absolute Gasteiger partial charge is 0.0291 e. The Balaban J connectivity index is 3.46. The Kier molecular flexibility index (Phi) is 6.66. The Labute approximate surface area is 83.7 Å². The molecule has 0 bridgehead atoms. The SMILES string of the molecule is C=C(C)CC/C=C\CC(C)C(C)C. The Morgan fingerprint density at radius 2 is 1.85 bits per heavy atom. The van der Waals surface area contributed by atoms with E-state index in [1.54, 1.807) is 0 Å². The predicted octanol–water partition coefficient (Wildman–Crippen LogP) is 4.58. The van der Waals surface area contributed by atoms with Crippen molar-refractivity contribution in [2.24, 2.45) is 11.8 Å². The van der Waals surface area contributed by atoms with Gasteiger partial charge in [0.1, 0.15) is 0 Å². The molecule has 0 nitrogen and oxygen atoms in total. The first-order valence-electron chi connectivity index (χ1n) is 5.33. The van der Waals surface area contributed by atoms with Crippen LogP contribution in [0.2, 0.25) is 0 Å². The van der Waals surface area contributed by atoms with Crippen LogP contribution in [0.15, 0.2) is 24.3 Å². The molecule has 0 aliphatic rings. The lowest BCUT2D eigenvalue weighted by molar-refractivity contribution is 0.424. The van der Waals surface area contributed by atoms with Crippen LogP contribution >= 0.6 is 0 Å². The van der Waals surface area contributed by atoms with Gasteiger partial charge in [-0.3, -0.25) is 0 Å². The third kappa shape index (κ3) is 7.83. The van der Waals surface area contributed by atoms with Crippen LogP contribution in [0.4, 0.5) is 0 Å². The van der Waals surface area contributed by atoms with E-state index in [9.17, 15) is 0 Å². The van der Waals surface area contributed by atoms with Gasteiger partial charge in [0.15, 0.2) is 0 Å². The van der Waals surface area contributed by atoms with Crippen LogP contribution in [0.5, 0.6) is 0 Å². The first kappa shape index (κ1) is 12.5. The number of hydrogen-bond acceptors (Lipinski definition) is 0. The highest BCUT2D eigenvalue weighted by Crippen LogP contribution is 2.14. The molecule has 0 heteroatoms. The van der Waals surface area contributed by atoms with Gasteiger partial charge in [-0.1, -0.05) is 38.5 Å². The van der Waals surface area contributed by atoms with Crippen molar-refractivity contribution in [2.45, 2.75) is 47.0 Å². The van der Waals surface area contributed by atoms with E-state index in [2.05, 4.69) is 46.4 Å². The first-order chi connectivity index (χ1) is 6.04. The quantitative estimate of drug-likeness (QED) is 0.525. The summed E-state index contributed by atoms with van der Waals surface area (Å²) in [7, 11) is 0. The molecule has 0 N–H and O–H groups in total. The Bertz CT molecular complexity index is 163. The third-order valence-corrected chi connectivity index (χ3v) is 2.55. The second-order valence-corrected chi connectivity index (χ2v) is 4.42. The van der Waals surface area contributed by atoms with Gasteiger partial charge < -0.3 is 0 Å². The lowest BCUT2D eigenvalue weighted by Gasteiger charge is -2.11. The van der Waals surface area contributed by atoms with Gasteiger partial charge in [-0.05, 0) is 38.0 Å². The molecule has 76 valence electrons. The van der Waals surface area contributed by atoms with Gasteiger partial charge in [-0.2, -0.15) is 0 Å². The van der Waals surface area contributed by atoms with Crippen LogP contribution < -0.4 is 0 Å². The highest BCUT2D eigenvalue weighted by atomic mass is 14.1. The molecule has 0 saturated carbocycles. The van der Waals surface area contributed by atoms with Gasteiger partial charge >= 0.3 is 0 Å². The fourth-order valence-electron chi connectivity index (χ4n) is 1.03. The summed E-state index contributed by atoms with van der Waals surface area (Å²) in [5, 5.41) is 0. The van der Waals surface area contributed by atoms with Crippen LogP contribution in [-0.2, 0) is 0 Å². The lowest BCUT2D eigenvalue weighted by Crippen LogP contribution is -2.01. The fraction of sp³-hybridized carbons (Fsp3) is 0.692. The molecule has 1 unspecified atom stereocenters. The molecule has 0 aromatic rings. The van der Waals surface area contributed by atoms with Crippen molar-refractivity contribution < 1.29 is 0 Å². The molecule has 1 atom stereocenters. The molecule has 0 amide bonds. The molecule has 0 aromatic carbocycles. The average molecular weight is 180 g/mol. The predicted molar refractivity (Wildman–Crippen MR) is 61.8 cm³/mol. The largest absolute Gasteiger partial charge is 0.100 e. The van der Waals surface area contributed by atoms with Crippen LogP contribution in [0, 0.1) is 11.8 Å². The minimum absolute atomic E-state index is 0.797. The van der Waals surface area contributed by atoms with E-state index in [0.29, 0.717) is 0 Å². The van der Waals surface area contributed by atoms with Crippen molar-refractivity contribution in [3.63, 3.8) is 0 Å². The van der Waals surface area contributed by atoms with E-state index in [1.807, 2.05) is 0 Å². The van der Waals surface area contributed by atoms with Crippen molar-refractivity contribution in [3.8, 4) is 0 Å². The van der Waals surface area contributed by atoms with Gasteiger partial charge in [-0.25, -0.2) is 0 Å². The van der Waals surface area contributed by atoms with Crippen LogP contribution in [0.3, 0.4) is 0 Å². The average Bonchev–Trinajstić information content (AvgIpc) is 2.02. The number of rotatable bonds is 6. The summed E-state index contributed by atoms with van der Waals surface area (Å²) in [6.45, 7) is 12.9. The van der Waals surface area contributed by atoms with Crippen LogP contribution in [0.1, 0.15) is 47.0 Å². The summed E-state index contributed by atoms with van der Waals surface area (Å²) in [5.41, 5.74) is 1.28. The monoisotopic (exact) mass is 180 g/mol. The van der Waals surface area contributed by atoms with Crippen molar-refractivity contribution in [3.05, 3.63) is 24.3 Å². The maximum absolute atomic E-state index is 3.88. The highest BCUT2D eigenvalue weighted by Gasteiger charge is 2.03. The molecule has 0 fully saturated rings. The minimum atomic E-state index is 0.797. The molecule has 0 saturated heterocycles. The molecular weight excluding hydrogens is 156 g/mol. The van der Waals surface area contributed by atoms with E-state index < -0.39 is 0 Å². The molecular formula is C13H24. The van der Waals surface area contributed by atoms with E-state index >= 15 is 0 Å². The molecule has 0 aliphatic heterocycles. The molecule has 0 aromatic heterocycles. The van der Waals surface area contributed by atoms with E-state index in [4.69, 9.17) is 0 Å². The zero-order chi connectivity index (χ0) is 10.3. The Morgan fingerprint density at radius 3 is 2.31 bits per heavy atom. The maximum atomic E-state index is 3.88. The van der Waals surface area contributed by atoms with Gasteiger partial charge in [0, 0.05) is 0 Å². The van der Waals surface area contributed by atoms with Gasteiger partial charge in [0.2, 0.25) is 0 Å². The molecule has 0 spiro atoms. The van der Waals surface area contributed by atoms with Gasteiger partial charge in [0.25, 0.3) is 0 Å². The Hall–Kier alpha value is -0.520. The van der Waals surface area contributed by atoms with E-state index in [0.717, 1.165) is 24.7 Å². The molecule has 0 radical (unpaired) electrons. The third-order valence-electron chi connectivity index (χ3n) is 2.55. The molecule has 0 rings (SSSR count). The topological polar surface area (TPSA) is 0 Å².